The average Bonchev–Trinajstić information content (AvgIpc) is 3.14. The highest BCUT2D eigenvalue weighted by molar-refractivity contribution is 7.99. The summed E-state index contributed by atoms with van der Waals surface area (Å²) in [6.07, 6.45) is 1.78. The molecular weight excluding hydrogens is 282 g/mol. The van der Waals surface area contributed by atoms with E-state index in [0.717, 1.165) is 10.6 Å². The maximum Gasteiger partial charge on any atom is 0.277 e. The van der Waals surface area contributed by atoms with E-state index in [0.29, 0.717) is 16.9 Å². The van der Waals surface area contributed by atoms with Gasteiger partial charge < -0.3 is 9.40 Å². The molecule has 1 N–H and O–H groups in total. The molecule has 0 spiro atoms. The minimum Gasteiger partial charge on any atom is -0.410 e. The van der Waals surface area contributed by atoms with Crippen LogP contribution >= 0.6 is 23.1 Å². The molecule has 0 saturated heterocycles. The molecule has 0 aliphatic carbocycles. The van der Waals surface area contributed by atoms with E-state index in [2.05, 4.69) is 15.2 Å². The molecule has 3 aromatic rings. The van der Waals surface area contributed by atoms with Gasteiger partial charge in [0.15, 0.2) is 5.78 Å². The highest BCUT2D eigenvalue weighted by Gasteiger charge is 2.13. The van der Waals surface area contributed by atoms with Crippen LogP contribution in [0.5, 0.6) is 0 Å². The van der Waals surface area contributed by atoms with Crippen molar-refractivity contribution in [3.63, 3.8) is 0 Å². The van der Waals surface area contributed by atoms with E-state index in [-0.39, 0.29) is 5.78 Å². The van der Waals surface area contributed by atoms with Crippen molar-refractivity contribution in [3.05, 3.63) is 40.7 Å². The molecule has 0 atom stereocenters. The zero-order valence-electron chi connectivity index (χ0n) is 9.70. The van der Waals surface area contributed by atoms with Crippen LogP contribution in [0.25, 0.3) is 11.6 Å². The van der Waals surface area contributed by atoms with Gasteiger partial charge in [0.1, 0.15) is 5.69 Å². The topological polar surface area (TPSA) is 71.8 Å². The van der Waals surface area contributed by atoms with Crippen molar-refractivity contribution in [1.82, 2.24) is 15.2 Å². The Hall–Kier alpha value is -1.86. The second-order valence-corrected chi connectivity index (χ2v) is 5.52. The molecule has 0 aromatic carbocycles. The van der Waals surface area contributed by atoms with E-state index in [1.165, 1.54) is 23.1 Å². The predicted octanol–water partition coefficient (Wildman–Crippen LogP) is 3.10. The summed E-state index contributed by atoms with van der Waals surface area (Å²) < 4.78 is 5.46. The summed E-state index contributed by atoms with van der Waals surface area (Å²) in [7, 11) is 0. The molecule has 0 unspecified atom stereocenters. The molecule has 19 heavy (non-hydrogen) atoms. The Morgan fingerprint density at radius 1 is 1.37 bits per heavy atom. The lowest BCUT2D eigenvalue weighted by molar-refractivity contribution is 0.102. The Kier molecular flexibility index (Phi) is 3.47. The minimum atomic E-state index is 0.0691. The molecule has 5 nitrogen and oxygen atoms in total. The van der Waals surface area contributed by atoms with E-state index in [9.17, 15) is 4.79 Å². The average molecular weight is 291 g/mol. The molecule has 0 aliphatic rings. The summed E-state index contributed by atoms with van der Waals surface area (Å²) in [4.78, 5) is 15.5. The standard InChI is InChI=1S/C12H9N3O2S2/c16-9(10-4-2-6-18-10)7-19-12-15-14-11(17-12)8-3-1-5-13-8/h1-6,13H,7H2. The molecule has 7 heteroatoms. The summed E-state index contributed by atoms with van der Waals surface area (Å²) in [5.74, 6) is 0.794. The molecule has 96 valence electrons. The van der Waals surface area contributed by atoms with Gasteiger partial charge in [-0.1, -0.05) is 17.8 Å². The van der Waals surface area contributed by atoms with Gasteiger partial charge in [-0.3, -0.25) is 4.79 Å². The number of H-pyrrole nitrogens is 1. The van der Waals surface area contributed by atoms with Gasteiger partial charge in [0.05, 0.1) is 10.6 Å². The van der Waals surface area contributed by atoms with Crippen LogP contribution in [-0.4, -0.2) is 26.7 Å². The zero-order valence-corrected chi connectivity index (χ0v) is 11.3. The maximum atomic E-state index is 11.8. The van der Waals surface area contributed by atoms with Gasteiger partial charge in [0, 0.05) is 6.20 Å². The second-order valence-electron chi connectivity index (χ2n) is 3.65. The van der Waals surface area contributed by atoms with Crippen molar-refractivity contribution >= 4 is 28.9 Å². The molecule has 0 aliphatic heterocycles. The van der Waals surface area contributed by atoms with Crippen LogP contribution < -0.4 is 0 Å². The Morgan fingerprint density at radius 2 is 2.32 bits per heavy atom. The van der Waals surface area contributed by atoms with Crippen LogP contribution in [0.1, 0.15) is 9.67 Å². The van der Waals surface area contributed by atoms with Crippen LogP contribution in [-0.2, 0) is 0 Å². The molecule has 3 heterocycles. The van der Waals surface area contributed by atoms with E-state index in [4.69, 9.17) is 4.42 Å². The molecule has 0 saturated carbocycles. The molecular formula is C12H9N3O2S2. The van der Waals surface area contributed by atoms with Crippen molar-refractivity contribution in [1.29, 1.82) is 0 Å². The van der Waals surface area contributed by atoms with Crippen molar-refractivity contribution in [3.8, 4) is 11.6 Å². The summed E-state index contributed by atoms with van der Waals surface area (Å²) in [6.45, 7) is 0. The number of ketones is 1. The SMILES string of the molecule is O=C(CSc1nnc(-c2ccc[nH]2)o1)c1cccs1. The monoisotopic (exact) mass is 291 g/mol. The van der Waals surface area contributed by atoms with Crippen LogP contribution in [0, 0.1) is 0 Å². The number of thiophene rings is 1. The van der Waals surface area contributed by atoms with E-state index in [1.54, 1.807) is 6.20 Å². The molecule has 0 radical (unpaired) electrons. The number of hydrogen-bond donors (Lipinski definition) is 1. The molecule has 0 amide bonds. The number of aromatic amines is 1. The van der Waals surface area contributed by atoms with Crippen molar-refractivity contribution in [2.45, 2.75) is 5.22 Å². The van der Waals surface area contributed by atoms with Gasteiger partial charge in [0.2, 0.25) is 0 Å². The van der Waals surface area contributed by atoms with Gasteiger partial charge in [-0.05, 0) is 23.6 Å². The number of carbonyl (C=O) groups is 1. The van der Waals surface area contributed by atoms with Crippen LogP contribution in [0.2, 0.25) is 0 Å². The first-order valence-electron chi connectivity index (χ1n) is 5.50. The number of nitrogens with one attached hydrogen (secondary N) is 1. The lowest BCUT2D eigenvalue weighted by Crippen LogP contribution is -1.98. The summed E-state index contributed by atoms with van der Waals surface area (Å²) in [5, 5.41) is 10.1. The third-order valence-corrected chi connectivity index (χ3v) is 4.09. The zero-order chi connectivity index (χ0) is 13.1. The number of Topliss-reactive ketones (excluding diaryl/α,β-unsaturated/α-hetero) is 1. The number of rotatable bonds is 5. The van der Waals surface area contributed by atoms with Crippen molar-refractivity contribution in [2.75, 3.05) is 5.75 Å². The predicted molar refractivity (Wildman–Crippen MR) is 73.5 cm³/mol. The Bertz CT molecular complexity index is 659. The molecule has 3 rings (SSSR count). The van der Waals surface area contributed by atoms with E-state index in [1.807, 2.05) is 29.6 Å². The number of carbonyl (C=O) groups excluding carboxylic acids is 1. The molecule has 3 aromatic heterocycles. The van der Waals surface area contributed by atoms with E-state index < -0.39 is 0 Å². The van der Waals surface area contributed by atoms with Crippen molar-refractivity contribution in [2.24, 2.45) is 0 Å². The van der Waals surface area contributed by atoms with Crippen molar-refractivity contribution < 1.29 is 9.21 Å². The quantitative estimate of drug-likeness (QED) is 0.577. The lowest BCUT2D eigenvalue weighted by atomic mass is 10.4. The van der Waals surface area contributed by atoms with E-state index >= 15 is 0 Å². The lowest BCUT2D eigenvalue weighted by Gasteiger charge is -1.93. The van der Waals surface area contributed by atoms with Gasteiger partial charge in [-0.2, -0.15) is 0 Å². The first-order chi connectivity index (χ1) is 9.33. The maximum absolute atomic E-state index is 11.8. The van der Waals surface area contributed by atoms with Crippen LogP contribution in [0.15, 0.2) is 45.5 Å². The number of nitrogens with zero attached hydrogens (tertiary/aromatic N) is 2. The Morgan fingerprint density at radius 3 is 3.05 bits per heavy atom. The summed E-state index contributed by atoms with van der Waals surface area (Å²) >= 11 is 2.68. The summed E-state index contributed by atoms with van der Waals surface area (Å²) in [5.41, 5.74) is 0.768. The Labute approximate surface area is 117 Å². The fraction of sp³-hybridized carbons (Fsp3) is 0.0833. The van der Waals surface area contributed by atoms with Crippen LogP contribution in [0.3, 0.4) is 0 Å². The van der Waals surface area contributed by atoms with Gasteiger partial charge in [0.25, 0.3) is 11.1 Å². The normalized spacial score (nSPS) is 10.7. The van der Waals surface area contributed by atoms with Gasteiger partial charge in [-0.25, -0.2) is 0 Å². The number of hydrogen-bond acceptors (Lipinski definition) is 6. The Balaban J connectivity index is 1.63. The number of thioether (sulfide) groups is 1. The third-order valence-electron chi connectivity index (χ3n) is 2.36. The first kappa shape index (κ1) is 12.2. The molecule has 0 bridgehead atoms. The largest absolute Gasteiger partial charge is 0.410 e. The first-order valence-corrected chi connectivity index (χ1v) is 7.36. The van der Waals surface area contributed by atoms with Gasteiger partial charge in [-0.15, -0.1) is 21.5 Å². The fourth-order valence-electron chi connectivity index (χ4n) is 1.48. The second kappa shape index (κ2) is 5.41. The minimum absolute atomic E-state index is 0.0691. The smallest absolute Gasteiger partial charge is 0.277 e. The molecule has 0 fully saturated rings. The third kappa shape index (κ3) is 2.77. The fourth-order valence-corrected chi connectivity index (χ4v) is 2.88. The number of aromatic nitrogens is 3. The summed E-state index contributed by atoms with van der Waals surface area (Å²) in [6, 6.07) is 7.37. The highest BCUT2D eigenvalue weighted by atomic mass is 32.2. The highest BCUT2D eigenvalue weighted by Crippen LogP contribution is 2.23. The van der Waals surface area contributed by atoms with Crippen LogP contribution in [0.4, 0.5) is 0 Å². The van der Waals surface area contributed by atoms with Gasteiger partial charge >= 0.3 is 0 Å².